The van der Waals surface area contributed by atoms with Gasteiger partial charge in [-0.15, -0.1) is 0 Å². The lowest BCUT2D eigenvalue weighted by Gasteiger charge is -2.27. The number of aliphatic hydroxyl groups is 1. The predicted octanol–water partition coefficient (Wildman–Crippen LogP) is 1.79. The zero-order valence-corrected chi connectivity index (χ0v) is 19.0. The molecule has 0 saturated carbocycles. The van der Waals surface area contributed by atoms with Crippen molar-refractivity contribution in [3.8, 4) is 5.75 Å². The summed E-state index contributed by atoms with van der Waals surface area (Å²) in [7, 11) is -2.39. The third-order valence-corrected chi connectivity index (χ3v) is 8.73. The normalized spacial score (nSPS) is 23.7. The molecule has 2 unspecified atom stereocenters. The van der Waals surface area contributed by atoms with Crippen molar-refractivity contribution in [3.63, 3.8) is 0 Å². The second kappa shape index (κ2) is 7.32. The van der Waals surface area contributed by atoms with Crippen LogP contribution in [0.1, 0.15) is 63.8 Å². The van der Waals surface area contributed by atoms with Gasteiger partial charge in [0.2, 0.25) is 10.0 Å². The molecule has 9 heteroatoms. The van der Waals surface area contributed by atoms with Crippen LogP contribution in [0.5, 0.6) is 5.75 Å². The maximum Gasteiger partial charge on any atom is 0.321 e. The smallest absolute Gasteiger partial charge is 0.321 e. The first kappa shape index (κ1) is 22.7. The van der Waals surface area contributed by atoms with Gasteiger partial charge >= 0.3 is 11.9 Å². The van der Waals surface area contributed by atoms with Crippen LogP contribution < -0.4 is 4.74 Å². The van der Waals surface area contributed by atoms with Gasteiger partial charge in [-0.25, -0.2) is 12.7 Å². The highest BCUT2D eigenvalue weighted by atomic mass is 32.2. The summed E-state index contributed by atoms with van der Waals surface area (Å²) >= 11 is 0. The molecule has 1 aromatic carbocycles. The predicted molar refractivity (Wildman–Crippen MR) is 110 cm³/mol. The fraction of sp³-hybridized carbons (Fsp3) is 0.619. The van der Waals surface area contributed by atoms with Crippen molar-refractivity contribution in [1.29, 1.82) is 0 Å². The van der Waals surface area contributed by atoms with Crippen LogP contribution in [-0.2, 0) is 35.2 Å². The maximum absolute atomic E-state index is 12.8. The van der Waals surface area contributed by atoms with Gasteiger partial charge in [-0.2, -0.15) is 0 Å². The van der Waals surface area contributed by atoms with Gasteiger partial charge in [0, 0.05) is 24.2 Å². The fourth-order valence-electron chi connectivity index (χ4n) is 4.17. The van der Waals surface area contributed by atoms with Gasteiger partial charge in [-0.3, -0.25) is 9.59 Å². The summed E-state index contributed by atoms with van der Waals surface area (Å²) in [5.41, 5.74) is -0.963. The molecule has 0 amide bonds. The molecular weight excluding hydrogens is 410 g/mol. The second-order valence-electron chi connectivity index (χ2n) is 8.88. The number of aliphatic hydroxyl groups excluding tert-OH is 1. The molecule has 0 aromatic heterocycles. The molecule has 2 heterocycles. The Kier molecular flexibility index (Phi) is 5.54. The van der Waals surface area contributed by atoms with Crippen molar-refractivity contribution in [2.75, 3.05) is 20.2 Å². The number of benzene rings is 1. The van der Waals surface area contributed by atoms with Crippen LogP contribution in [0, 0.1) is 0 Å². The Morgan fingerprint density at radius 1 is 1.40 bits per heavy atom. The molecule has 1 aromatic rings. The van der Waals surface area contributed by atoms with E-state index in [-0.39, 0.29) is 5.75 Å². The molecule has 3 rings (SSSR count). The molecule has 1 fully saturated rings. The molecule has 1 saturated heterocycles. The lowest BCUT2D eigenvalue weighted by Crippen LogP contribution is -2.33. The molecule has 0 radical (unpaired) electrons. The van der Waals surface area contributed by atoms with E-state index in [1.54, 1.807) is 46.8 Å². The third-order valence-electron chi connectivity index (χ3n) is 6.31. The molecule has 1 N–H and O–H groups in total. The van der Waals surface area contributed by atoms with E-state index in [1.807, 2.05) is 0 Å². The lowest BCUT2D eigenvalue weighted by atomic mass is 9.77. The van der Waals surface area contributed by atoms with E-state index in [0.29, 0.717) is 36.2 Å². The summed E-state index contributed by atoms with van der Waals surface area (Å²) in [4.78, 5) is 25.0. The van der Waals surface area contributed by atoms with Crippen molar-refractivity contribution in [2.45, 2.75) is 63.2 Å². The molecule has 8 nitrogen and oxygen atoms in total. The fourth-order valence-corrected chi connectivity index (χ4v) is 6.16. The number of esters is 2. The van der Waals surface area contributed by atoms with Crippen molar-refractivity contribution in [1.82, 2.24) is 4.31 Å². The summed E-state index contributed by atoms with van der Waals surface area (Å²) in [6.45, 7) is 9.09. The Hall–Kier alpha value is -1.97. The summed E-state index contributed by atoms with van der Waals surface area (Å²) in [6, 6.07) is 3.17. The molecule has 2 aliphatic heterocycles. The minimum Gasteiger partial charge on any atom is -0.468 e. The van der Waals surface area contributed by atoms with Gasteiger partial charge < -0.3 is 14.6 Å². The zero-order chi connectivity index (χ0) is 22.6. The van der Waals surface area contributed by atoms with E-state index in [4.69, 9.17) is 9.47 Å². The molecule has 2 aliphatic rings. The first-order chi connectivity index (χ1) is 13.8. The Balaban J connectivity index is 2.18. The number of carbonyl (C=O) groups is 2. The molecular formula is C21H29NO7S. The first-order valence-electron chi connectivity index (χ1n) is 9.96. The average Bonchev–Trinajstić information content (AvgIpc) is 3.11. The van der Waals surface area contributed by atoms with Gasteiger partial charge in [0.05, 0.1) is 24.0 Å². The van der Waals surface area contributed by atoms with Crippen molar-refractivity contribution in [2.24, 2.45) is 0 Å². The average molecular weight is 440 g/mol. The van der Waals surface area contributed by atoms with Crippen molar-refractivity contribution >= 4 is 22.0 Å². The molecule has 0 spiro atoms. The van der Waals surface area contributed by atoms with Gasteiger partial charge in [0.15, 0.2) is 0 Å². The van der Waals surface area contributed by atoms with E-state index in [9.17, 15) is 23.1 Å². The highest BCUT2D eigenvalue weighted by Gasteiger charge is 2.48. The number of carbonyl (C=O) groups excluding carboxylic acids is 2. The number of hydrogen-bond acceptors (Lipinski definition) is 7. The summed E-state index contributed by atoms with van der Waals surface area (Å²) in [5, 5.41) is 10.1. The number of fused-ring (bicyclic) bond motifs is 1. The summed E-state index contributed by atoms with van der Waals surface area (Å²) in [5.74, 6) is -0.750. The standard InChI is InChI=1S/C21H29NO7S/c1-7-22-9-8-15(30(22,26)27)16(23)12-10-13(20(2,3)18(24)28-6)17-14(11-12)21(4,5)19(25)29-17/h10-11,15-16,23H,7-9H2,1-6H3. The number of sulfonamides is 1. The molecule has 30 heavy (non-hydrogen) atoms. The third kappa shape index (κ3) is 3.23. The minimum absolute atomic E-state index is 0.265. The molecule has 0 aliphatic carbocycles. The quantitative estimate of drug-likeness (QED) is 0.550. The van der Waals surface area contributed by atoms with E-state index >= 15 is 0 Å². The Morgan fingerprint density at radius 3 is 2.57 bits per heavy atom. The van der Waals surface area contributed by atoms with Gasteiger partial charge in [0.25, 0.3) is 0 Å². The summed E-state index contributed by atoms with van der Waals surface area (Å²) < 4.78 is 37.4. The molecule has 0 bridgehead atoms. The Bertz CT molecular complexity index is 997. The Morgan fingerprint density at radius 2 is 2.03 bits per heavy atom. The van der Waals surface area contributed by atoms with Crippen LogP contribution in [0.2, 0.25) is 0 Å². The van der Waals surface area contributed by atoms with Crippen LogP contribution in [0.15, 0.2) is 12.1 Å². The van der Waals surface area contributed by atoms with Crippen LogP contribution in [-0.4, -0.2) is 55.2 Å². The number of rotatable bonds is 5. The van der Waals surface area contributed by atoms with E-state index in [2.05, 4.69) is 0 Å². The Labute approximate surface area is 177 Å². The van der Waals surface area contributed by atoms with Crippen LogP contribution in [0.25, 0.3) is 0 Å². The van der Waals surface area contributed by atoms with Gasteiger partial charge in [-0.05, 0) is 51.8 Å². The van der Waals surface area contributed by atoms with E-state index in [1.165, 1.54) is 11.4 Å². The maximum atomic E-state index is 12.8. The minimum atomic E-state index is -3.65. The van der Waals surface area contributed by atoms with Crippen molar-refractivity contribution in [3.05, 3.63) is 28.8 Å². The van der Waals surface area contributed by atoms with Gasteiger partial charge in [0.1, 0.15) is 11.0 Å². The topological polar surface area (TPSA) is 110 Å². The highest BCUT2D eigenvalue weighted by molar-refractivity contribution is 7.90. The lowest BCUT2D eigenvalue weighted by molar-refractivity contribution is -0.146. The van der Waals surface area contributed by atoms with Crippen LogP contribution in [0.3, 0.4) is 0 Å². The number of hydrogen-bond donors (Lipinski definition) is 1. The number of ether oxygens (including phenoxy) is 2. The number of nitrogens with zero attached hydrogens (tertiary/aromatic N) is 1. The number of methoxy groups -OCH3 is 1. The largest absolute Gasteiger partial charge is 0.468 e. The SMILES string of the molecule is CCN1CCC(C(O)c2cc(C(C)(C)C(=O)OC)c3c(c2)C(C)(C)C(=O)O3)S1(=O)=O. The molecule has 166 valence electrons. The zero-order valence-electron chi connectivity index (χ0n) is 18.2. The van der Waals surface area contributed by atoms with Crippen molar-refractivity contribution < 1.29 is 32.6 Å². The highest BCUT2D eigenvalue weighted by Crippen LogP contribution is 2.48. The summed E-state index contributed by atoms with van der Waals surface area (Å²) in [6.07, 6.45) is -1.02. The van der Waals surface area contributed by atoms with E-state index in [0.717, 1.165) is 0 Å². The molecule has 2 atom stereocenters. The first-order valence-corrected chi connectivity index (χ1v) is 11.5. The van der Waals surface area contributed by atoms with E-state index < -0.39 is 44.1 Å². The second-order valence-corrected chi connectivity index (χ2v) is 11.0. The monoisotopic (exact) mass is 439 g/mol. The van der Waals surface area contributed by atoms with Crippen LogP contribution >= 0.6 is 0 Å². The van der Waals surface area contributed by atoms with Crippen LogP contribution in [0.4, 0.5) is 0 Å². The van der Waals surface area contributed by atoms with Gasteiger partial charge in [-0.1, -0.05) is 6.92 Å².